The number of aliphatic carboxylic acids is 2. The summed E-state index contributed by atoms with van der Waals surface area (Å²) in [5, 5.41) is 17.3. The fourth-order valence-electron chi connectivity index (χ4n) is 1.36. The molecular weight excluding hydrogens is 212 g/mol. The Balaban J connectivity index is 3.96. The van der Waals surface area contributed by atoms with E-state index in [0.29, 0.717) is 26.2 Å². The minimum atomic E-state index is -0.858. The Morgan fingerprint density at radius 3 is 1.38 bits per heavy atom. The Kier molecular flexibility index (Phi) is 7.49. The SMILES string of the molecule is CCN(CCN(CC)CC(=O)O)CC(=O)O. The van der Waals surface area contributed by atoms with Crippen LogP contribution in [0.3, 0.4) is 0 Å². The summed E-state index contributed by atoms with van der Waals surface area (Å²) in [5.74, 6) is -1.72. The Labute approximate surface area is 95.5 Å². The lowest BCUT2D eigenvalue weighted by atomic mass is 10.4. The number of rotatable bonds is 9. The van der Waals surface area contributed by atoms with Crippen LogP contribution in [-0.2, 0) is 9.59 Å². The molecular formula is C10H20N2O4. The molecule has 0 heterocycles. The molecule has 94 valence electrons. The summed E-state index contributed by atoms with van der Waals surface area (Å²) in [6.07, 6.45) is 0. The average Bonchev–Trinajstić information content (AvgIpc) is 2.20. The minimum absolute atomic E-state index is 0.00112. The molecule has 0 saturated heterocycles. The zero-order valence-corrected chi connectivity index (χ0v) is 9.85. The summed E-state index contributed by atoms with van der Waals surface area (Å²) in [5.41, 5.74) is 0. The zero-order chi connectivity index (χ0) is 12.6. The lowest BCUT2D eigenvalue weighted by Crippen LogP contribution is -2.39. The summed E-state index contributed by atoms with van der Waals surface area (Å²) in [7, 11) is 0. The van der Waals surface area contributed by atoms with Gasteiger partial charge in [-0.3, -0.25) is 19.4 Å². The van der Waals surface area contributed by atoms with Crippen LogP contribution in [0.5, 0.6) is 0 Å². The molecule has 0 spiro atoms. The van der Waals surface area contributed by atoms with Crippen molar-refractivity contribution in [2.24, 2.45) is 0 Å². The first-order chi connectivity index (χ1) is 7.49. The van der Waals surface area contributed by atoms with E-state index in [-0.39, 0.29) is 13.1 Å². The Morgan fingerprint density at radius 2 is 1.19 bits per heavy atom. The lowest BCUT2D eigenvalue weighted by Gasteiger charge is -2.23. The first-order valence-corrected chi connectivity index (χ1v) is 5.37. The standard InChI is InChI=1S/C10H20N2O4/c1-3-11(7-9(13)14)5-6-12(4-2)8-10(15)16/h3-8H2,1-2H3,(H,13,14)(H,15,16). The fraction of sp³-hybridized carbons (Fsp3) is 0.800. The highest BCUT2D eigenvalue weighted by molar-refractivity contribution is 5.69. The highest BCUT2D eigenvalue weighted by Crippen LogP contribution is 1.92. The number of likely N-dealkylation sites (N-methyl/N-ethyl adjacent to an activating group) is 2. The van der Waals surface area contributed by atoms with Gasteiger partial charge >= 0.3 is 11.9 Å². The van der Waals surface area contributed by atoms with E-state index in [1.54, 1.807) is 9.80 Å². The van der Waals surface area contributed by atoms with E-state index in [1.165, 1.54) is 0 Å². The number of nitrogens with zero attached hydrogens (tertiary/aromatic N) is 2. The van der Waals surface area contributed by atoms with Gasteiger partial charge in [-0.15, -0.1) is 0 Å². The summed E-state index contributed by atoms with van der Waals surface area (Å²) in [4.78, 5) is 24.6. The monoisotopic (exact) mass is 232 g/mol. The van der Waals surface area contributed by atoms with Crippen LogP contribution in [0.1, 0.15) is 13.8 Å². The second kappa shape index (κ2) is 8.06. The van der Waals surface area contributed by atoms with Crippen molar-refractivity contribution < 1.29 is 19.8 Å². The largest absolute Gasteiger partial charge is 0.480 e. The number of carboxylic acid groups (broad SMARTS) is 2. The smallest absolute Gasteiger partial charge is 0.317 e. The van der Waals surface area contributed by atoms with Crippen molar-refractivity contribution in [1.82, 2.24) is 9.80 Å². The zero-order valence-electron chi connectivity index (χ0n) is 9.85. The summed E-state index contributed by atoms with van der Waals surface area (Å²) in [6, 6.07) is 0. The molecule has 0 radical (unpaired) electrons. The minimum Gasteiger partial charge on any atom is -0.480 e. The van der Waals surface area contributed by atoms with Crippen LogP contribution >= 0.6 is 0 Å². The molecule has 0 unspecified atom stereocenters. The maximum atomic E-state index is 10.5. The van der Waals surface area contributed by atoms with Crippen LogP contribution < -0.4 is 0 Å². The highest BCUT2D eigenvalue weighted by atomic mass is 16.4. The fourth-order valence-corrected chi connectivity index (χ4v) is 1.36. The second-order valence-electron chi connectivity index (χ2n) is 3.53. The lowest BCUT2D eigenvalue weighted by molar-refractivity contribution is -0.140. The molecule has 2 N–H and O–H groups in total. The highest BCUT2D eigenvalue weighted by Gasteiger charge is 2.11. The normalized spacial score (nSPS) is 11.0. The number of carboxylic acids is 2. The first-order valence-electron chi connectivity index (χ1n) is 5.37. The maximum Gasteiger partial charge on any atom is 0.317 e. The van der Waals surface area contributed by atoms with Gasteiger partial charge in [0.15, 0.2) is 0 Å². The molecule has 0 saturated carbocycles. The molecule has 0 bridgehead atoms. The van der Waals surface area contributed by atoms with Crippen LogP contribution in [-0.4, -0.2) is 71.2 Å². The number of hydrogen-bond donors (Lipinski definition) is 2. The quantitative estimate of drug-likeness (QED) is 0.573. The predicted octanol–water partition coefficient (Wildman–Crippen LogP) is -0.201. The van der Waals surface area contributed by atoms with Gasteiger partial charge in [-0.2, -0.15) is 0 Å². The third-order valence-electron chi connectivity index (χ3n) is 2.34. The van der Waals surface area contributed by atoms with Gasteiger partial charge in [-0.05, 0) is 13.1 Å². The van der Waals surface area contributed by atoms with E-state index in [2.05, 4.69) is 0 Å². The maximum absolute atomic E-state index is 10.5. The molecule has 6 nitrogen and oxygen atoms in total. The van der Waals surface area contributed by atoms with E-state index in [1.807, 2.05) is 13.8 Å². The van der Waals surface area contributed by atoms with Crippen LogP contribution in [0, 0.1) is 0 Å². The summed E-state index contributed by atoms with van der Waals surface area (Å²) < 4.78 is 0. The van der Waals surface area contributed by atoms with Gasteiger partial charge in [-0.1, -0.05) is 13.8 Å². The molecule has 6 heteroatoms. The average molecular weight is 232 g/mol. The van der Waals surface area contributed by atoms with Gasteiger partial charge in [0, 0.05) is 13.1 Å². The molecule has 0 atom stereocenters. The first kappa shape index (κ1) is 14.9. The number of carbonyl (C=O) groups is 2. The summed E-state index contributed by atoms with van der Waals surface area (Å²) in [6.45, 7) is 6.22. The molecule has 0 rings (SSSR count). The van der Waals surface area contributed by atoms with Crippen LogP contribution in [0.15, 0.2) is 0 Å². The van der Waals surface area contributed by atoms with Gasteiger partial charge < -0.3 is 10.2 Å². The van der Waals surface area contributed by atoms with E-state index in [0.717, 1.165) is 0 Å². The van der Waals surface area contributed by atoms with Crippen LogP contribution in [0.4, 0.5) is 0 Å². The molecule has 0 fully saturated rings. The third-order valence-corrected chi connectivity index (χ3v) is 2.34. The van der Waals surface area contributed by atoms with E-state index in [4.69, 9.17) is 10.2 Å². The van der Waals surface area contributed by atoms with Crippen molar-refractivity contribution in [3.63, 3.8) is 0 Å². The molecule has 0 aliphatic carbocycles. The molecule has 0 aliphatic heterocycles. The van der Waals surface area contributed by atoms with Gasteiger partial charge in [0.2, 0.25) is 0 Å². The molecule has 0 aromatic carbocycles. The van der Waals surface area contributed by atoms with E-state index in [9.17, 15) is 9.59 Å². The Morgan fingerprint density at radius 1 is 0.875 bits per heavy atom. The number of hydrogen-bond acceptors (Lipinski definition) is 4. The van der Waals surface area contributed by atoms with Gasteiger partial charge in [0.1, 0.15) is 0 Å². The van der Waals surface area contributed by atoms with Crippen molar-refractivity contribution in [3.8, 4) is 0 Å². The third kappa shape index (κ3) is 7.19. The van der Waals surface area contributed by atoms with Crippen LogP contribution in [0.2, 0.25) is 0 Å². The molecule has 0 aliphatic rings. The van der Waals surface area contributed by atoms with Crippen molar-refractivity contribution >= 4 is 11.9 Å². The summed E-state index contributed by atoms with van der Waals surface area (Å²) >= 11 is 0. The van der Waals surface area contributed by atoms with E-state index < -0.39 is 11.9 Å². The van der Waals surface area contributed by atoms with Crippen LogP contribution in [0.25, 0.3) is 0 Å². The van der Waals surface area contributed by atoms with Gasteiger partial charge in [-0.25, -0.2) is 0 Å². The topological polar surface area (TPSA) is 81.1 Å². The van der Waals surface area contributed by atoms with Crippen molar-refractivity contribution in [3.05, 3.63) is 0 Å². The van der Waals surface area contributed by atoms with Gasteiger partial charge in [0.05, 0.1) is 13.1 Å². The molecule has 16 heavy (non-hydrogen) atoms. The second-order valence-corrected chi connectivity index (χ2v) is 3.53. The van der Waals surface area contributed by atoms with Gasteiger partial charge in [0.25, 0.3) is 0 Å². The Hall–Kier alpha value is -1.14. The molecule has 0 aromatic heterocycles. The van der Waals surface area contributed by atoms with Crippen molar-refractivity contribution in [2.45, 2.75) is 13.8 Å². The predicted molar refractivity (Wildman–Crippen MR) is 59.5 cm³/mol. The van der Waals surface area contributed by atoms with Crippen molar-refractivity contribution in [1.29, 1.82) is 0 Å². The van der Waals surface area contributed by atoms with Crippen molar-refractivity contribution in [2.75, 3.05) is 39.3 Å². The Bertz CT molecular complexity index is 209. The van der Waals surface area contributed by atoms with E-state index >= 15 is 0 Å². The molecule has 0 amide bonds. The molecule has 0 aromatic rings.